The van der Waals surface area contributed by atoms with Crippen molar-refractivity contribution in [2.24, 2.45) is 11.1 Å². The first-order valence-corrected chi connectivity index (χ1v) is 10.3. The van der Waals surface area contributed by atoms with Crippen molar-refractivity contribution < 1.29 is 19.3 Å². The molecule has 1 fully saturated rings. The predicted molar refractivity (Wildman–Crippen MR) is 110 cm³/mol. The number of amides is 1. The normalized spacial score (nSPS) is 27.0. The third-order valence-electron chi connectivity index (χ3n) is 5.78. The van der Waals surface area contributed by atoms with Crippen LogP contribution in [-0.2, 0) is 15.4 Å². The monoisotopic (exact) mass is 412 g/mol. The zero-order valence-electron chi connectivity index (χ0n) is 17.7. The minimum Gasteiger partial charge on any atom is -0.391 e. The molecule has 1 aromatic heterocycles. The zero-order chi connectivity index (χ0) is 21.5. The summed E-state index contributed by atoms with van der Waals surface area (Å²) in [6, 6.07) is 11.1. The molecule has 2 N–H and O–H groups in total. The van der Waals surface area contributed by atoms with E-state index < -0.39 is 23.8 Å². The van der Waals surface area contributed by atoms with Gasteiger partial charge in [0.15, 0.2) is 5.84 Å². The predicted octanol–water partition coefficient (Wildman–Crippen LogP) is 2.49. The Morgan fingerprint density at radius 1 is 1.33 bits per heavy atom. The largest absolute Gasteiger partial charge is 0.391 e. The zero-order valence-corrected chi connectivity index (χ0v) is 17.7. The summed E-state index contributed by atoms with van der Waals surface area (Å²) in [5.41, 5.74) is 0.839. The second kappa shape index (κ2) is 7.75. The number of aliphatic hydroxyl groups excluding tert-OH is 1. The van der Waals surface area contributed by atoms with E-state index in [0.717, 1.165) is 11.3 Å². The van der Waals surface area contributed by atoms with Crippen molar-refractivity contribution in [1.29, 1.82) is 0 Å². The minimum atomic E-state index is -0.821. The molecule has 4 rings (SSSR count). The van der Waals surface area contributed by atoms with Crippen molar-refractivity contribution in [1.82, 2.24) is 15.4 Å². The molecule has 8 heteroatoms. The summed E-state index contributed by atoms with van der Waals surface area (Å²) in [7, 11) is 0. The molecule has 2 aromatic rings. The van der Waals surface area contributed by atoms with E-state index in [0.29, 0.717) is 18.0 Å². The highest BCUT2D eigenvalue weighted by atomic mass is 16.7. The van der Waals surface area contributed by atoms with Gasteiger partial charge in [-0.2, -0.15) is 0 Å². The number of nitrogens with zero attached hydrogens (tertiary/aromatic N) is 3. The molecule has 1 saturated heterocycles. The lowest BCUT2D eigenvalue weighted by molar-refractivity contribution is -0.134. The van der Waals surface area contributed by atoms with E-state index in [4.69, 9.17) is 9.36 Å². The number of aliphatic hydroxyl groups is 1. The number of nitrogens with one attached hydrogen (secondary N) is 1. The summed E-state index contributed by atoms with van der Waals surface area (Å²) in [6.07, 6.45) is -0.234. The van der Waals surface area contributed by atoms with E-state index in [1.807, 2.05) is 58.0 Å². The molecule has 0 saturated carbocycles. The maximum absolute atomic E-state index is 13.5. The Morgan fingerprint density at radius 3 is 2.70 bits per heavy atom. The second-order valence-corrected chi connectivity index (χ2v) is 8.58. The van der Waals surface area contributed by atoms with Crippen molar-refractivity contribution in [3.05, 3.63) is 53.4 Å². The number of rotatable bonds is 5. The van der Waals surface area contributed by atoms with Gasteiger partial charge in [0, 0.05) is 31.5 Å². The summed E-state index contributed by atoms with van der Waals surface area (Å²) in [6.45, 7) is 7.91. The van der Waals surface area contributed by atoms with Gasteiger partial charge in [-0.3, -0.25) is 4.79 Å². The van der Waals surface area contributed by atoms with Gasteiger partial charge < -0.3 is 24.7 Å². The third kappa shape index (κ3) is 3.67. The van der Waals surface area contributed by atoms with Crippen LogP contribution in [0.15, 0.2) is 46.1 Å². The van der Waals surface area contributed by atoms with Crippen molar-refractivity contribution in [3.63, 3.8) is 0 Å². The lowest BCUT2D eigenvalue weighted by Gasteiger charge is -2.30. The maximum atomic E-state index is 13.5. The molecule has 0 aliphatic carbocycles. The number of carbonyl (C=O) groups is 1. The molecule has 1 amide bonds. The first-order valence-electron chi connectivity index (χ1n) is 10.3. The number of aromatic nitrogens is 1. The fourth-order valence-electron chi connectivity index (χ4n) is 4.22. The average molecular weight is 412 g/mol. The van der Waals surface area contributed by atoms with Gasteiger partial charge in [0.05, 0.1) is 17.8 Å². The Morgan fingerprint density at radius 2 is 2.07 bits per heavy atom. The number of β-amino-alcohol motifs (C(OH)–C–C–N with tert-alkyl or cyclic N) is 1. The fourth-order valence-corrected chi connectivity index (χ4v) is 4.22. The highest BCUT2D eigenvalue weighted by Crippen LogP contribution is 2.33. The highest BCUT2D eigenvalue weighted by molar-refractivity contribution is 5.94. The smallest absolute Gasteiger partial charge is 0.234 e. The molecule has 4 atom stereocenters. The summed E-state index contributed by atoms with van der Waals surface area (Å²) >= 11 is 0. The number of aryl methyl sites for hydroxylation is 1. The van der Waals surface area contributed by atoms with Crippen LogP contribution in [0.25, 0.3) is 0 Å². The van der Waals surface area contributed by atoms with Gasteiger partial charge >= 0.3 is 0 Å². The van der Waals surface area contributed by atoms with Crippen LogP contribution in [0.4, 0.5) is 0 Å². The Bertz CT molecular complexity index is 942. The number of amidine groups is 1. The summed E-state index contributed by atoms with van der Waals surface area (Å²) in [4.78, 5) is 21.0. The van der Waals surface area contributed by atoms with E-state index in [2.05, 4.69) is 15.6 Å². The lowest BCUT2D eigenvalue weighted by Crippen LogP contribution is -2.50. The van der Waals surface area contributed by atoms with Crippen LogP contribution in [0.5, 0.6) is 0 Å². The molecular formula is C22H28N4O4. The number of carbonyl (C=O) groups excluding carboxylic acids is 1. The quantitative estimate of drug-likeness (QED) is 0.783. The average Bonchev–Trinajstić information content (AvgIpc) is 3.41. The van der Waals surface area contributed by atoms with E-state index in [1.54, 1.807) is 11.0 Å². The maximum Gasteiger partial charge on any atom is 0.234 e. The van der Waals surface area contributed by atoms with E-state index in [1.165, 1.54) is 0 Å². The molecule has 2 aliphatic heterocycles. The molecule has 2 aliphatic rings. The first-order chi connectivity index (χ1) is 14.3. The molecule has 3 heterocycles. The molecule has 8 nitrogen and oxygen atoms in total. The number of hydrogen-bond acceptors (Lipinski definition) is 7. The third-order valence-corrected chi connectivity index (χ3v) is 5.78. The fraction of sp³-hybridized carbons (Fsp3) is 0.500. The van der Waals surface area contributed by atoms with Crippen molar-refractivity contribution in [3.8, 4) is 0 Å². The van der Waals surface area contributed by atoms with Gasteiger partial charge in [-0.1, -0.05) is 54.5 Å². The highest BCUT2D eigenvalue weighted by Gasteiger charge is 2.46. The van der Waals surface area contributed by atoms with Crippen LogP contribution >= 0.6 is 0 Å². The van der Waals surface area contributed by atoms with Gasteiger partial charge in [0.2, 0.25) is 11.6 Å². The summed E-state index contributed by atoms with van der Waals surface area (Å²) in [5.74, 6) is 0.498. The second-order valence-electron chi connectivity index (χ2n) is 8.58. The summed E-state index contributed by atoms with van der Waals surface area (Å²) in [5, 5.41) is 21.9. The van der Waals surface area contributed by atoms with Crippen LogP contribution in [0.3, 0.4) is 0 Å². The van der Waals surface area contributed by atoms with Crippen molar-refractivity contribution >= 4 is 11.7 Å². The van der Waals surface area contributed by atoms with Crippen molar-refractivity contribution in [2.75, 3.05) is 6.54 Å². The van der Waals surface area contributed by atoms with Crippen LogP contribution in [0.2, 0.25) is 0 Å². The Kier molecular flexibility index (Phi) is 5.27. The number of hydrogen-bond donors (Lipinski definition) is 2. The topological polar surface area (TPSA) is 100 Å². The van der Waals surface area contributed by atoms with E-state index in [-0.39, 0.29) is 18.4 Å². The van der Waals surface area contributed by atoms with Crippen LogP contribution in [0.1, 0.15) is 50.1 Å². The van der Waals surface area contributed by atoms with Gasteiger partial charge in [0.25, 0.3) is 0 Å². The molecular weight excluding hydrogens is 384 g/mol. The first kappa shape index (κ1) is 20.4. The van der Waals surface area contributed by atoms with Gasteiger partial charge in [-0.05, 0) is 12.8 Å². The Hall–Kier alpha value is -2.87. The van der Waals surface area contributed by atoms with Gasteiger partial charge in [0.1, 0.15) is 11.7 Å². The molecule has 0 bridgehead atoms. The summed E-state index contributed by atoms with van der Waals surface area (Å²) < 4.78 is 5.42. The lowest BCUT2D eigenvalue weighted by atomic mass is 9.91. The van der Waals surface area contributed by atoms with Gasteiger partial charge in [-0.15, -0.1) is 0 Å². The van der Waals surface area contributed by atoms with Crippen LogP contribution in [0, 0.1) is 12.8 Å². The number of oxime groups is 1. The molecule has 30 heavy (non-hydrogen) atoms. The molecule has 1 aromatic carbocycles. The van der Waals surface area contributed by atoms with Crippen LogP contribution < -0.4 is 5.32 Å². The number of benzene rings is 1. The van der Waals surface area contributed by atoms with E-state index in [9.17, 15) is 9.90 Å². The number of likely N-dealkylation sites (tertiary alicyclic amines) is 1. The SMILES string of the molecule is Cc1cc(C(C(=O)N2C[C@H](O)C[C@H]2C2=NO[C@@](C)(c3ccccc3)N2)C(C)C)on1. The molecule has 160 valence electrons. The molecule has 0 radical (unpaired) electrons. The van der Waals surface area contributed by atoms with Crippen molar-refractivity contribution in [2.45, 2.75) is 57.9 Å². The molecule has 1 unspecified atom stereocenters. The molecule has 0 spiro atoms. The standard InChI is InChI=1S/C22H28N4O4/c1-13(2)19(18-10-14(3)24-29-18)21(28)26-12-16(27)11-17(26)20-23-22(4,30-25-20)15-8-6-5-7-9-15/h5-10,13,16-17,19,27H,11-12H2,1-4H3,(H,23,25)/t16-,17+,19?,22+/m1/s1. The Labute approximate surface area is 175 Å². The van der Waals surface area contributed by atoms with Crippen LogP contribution in [-0.4, -0.2) is 45.6 Å². The minimum absolute atomic E-state index is 0.00699. The van der Waals surface area contributed by atoms with E-state index >= 15 is 0 Å². The van der Waals surface area contributed by atoms with Gasteiger partial charge in [-0.25, -0.2) is 0 Å². The Balaban J connectivity index is 1.57.